The molecule has 9 nitrogen and oxygen atoms in total. The number of aromatic carboxylic acids is 1. The molecular formula is C29H26N2O7. The molecule has 0 amide bonds. The Labute approximate surface area is 216 Å². The van der Waals surface area contributed by atoms with Gasteiger partial charge in [-0.3, -0.25) is 4.79 Å². The van der Waals surface area contributed by atoms with Crippen LogP contribution < -0.4 is 0 Å². The number of allylic oxidation sites excluding steroid dienone is 1. The van der Waals surface area contributed by atoms with Gasteiger partial charge in [0.25, 0.3) is 0 Å². The fraction of sp³-hybridized carbons (Fsp3) is 0.172. The Balaban J connectivity index is 1.68. The molecule has 9 heteroatoms. The molecule has 3 aromatic heterocycles. The van der Waals surface area contributed by atoms with Crippen molar-refractivity contribution in [1.82, 2.24) is 9.97 Å². The second-order valence-electron chi connectivity index (χ2n) is 9.21. The van der Waals surface area contributed by atoms with Crippen LogP contribution in [-0.4, -0.2) is 48.8 Å². The molecule has 38 heavy (non-hydrogen) atoms. The van der Waals surface area contributed by atoms with Gasteiger partial charge in [-0.15, -0.1) is 0 Å². The number of rotatable bonds is 8. The fourth-order valence-corrected chi connectivity index (χ4v) is 4.86. The highest BCUT2D eigenvalue weighted by molar-refractivity contribution is 6.19. The van der Waals surface area contributed by atoms with Crippen LogP contribution in [0.15, 0.2) is 58.7 Å². The number of aliphatic hydroxyl groups is 2. The number of furan rings is 1. The van der Waals surface area contributed by atoms with E-state index in [1.165, 1.54) is 6.20 Å². The highest BCUT2D eigenvalue weighted by Crippen LogP contribution is 2.44. The first kappa shape index (κ1) is 25.1. The first-order chi connectivity index (χ1) is 18.3. The average Bonchev–Trinajstić information content (AvgIpc) is 3.61. The Morgan fingerprint density at radius 1 is 1.05 bits per heavy atom. The van der Waals surface area contributed by atoms with Crippen molar-refractivity contribution < 1.29 is 34.4 Å². The lowest BCUT2D eigenvalue weighted by atomic mass is 9.97. The molecule has 0 aliphatic carbocycles. The molecular weight excluding hydrogens is 488 g/mol. The zero-order valence-corrected chi connectivity index (χ0v) is 20.8. The van der Waals surface area contributed by atoms with E-state index in [9.17, 15) is 30.0 Å². The van der Waals surface area contributed by atoms with Gasteiger partial charge in [0.2, 0.25) is 17.3 Å². The molecule has 0 fully saturated rings. The zero-order chi connectivity index (χ0) is 27.1. The molecule has 0 aliphatic heterocycles. The van der Waals surface area contributed by atoms with E-state index in [-0.39, 0.29) is 29.0 Å². The predicted octanol–water partition coefficient (Wildman–Crippen LogP) is 4.83. The Hall–Kier alpha value is -4.60. The van der Waals surface area contributed by atoms with E-state index >= 15 is 0 Å². The number of benzene rings is 2. The number of aryl methyl sites for hydroxylation is 1. The minimum Gasteiger partial charge on any atom is -0.504 e. The summed E-state index contributed by atoms with van der Waals surface area (Å²) in [7, 11) is 0. The van der Waals surface area contributed by atoms with Gasteiger partial charge in [-0.2, -0.15) is 0 Å². The van der Waals surface area contributed by atoms with E-state index < -0.39 is 35.6 Å². The van der Waals surface area contributed by atoms with Crippen LogP contribution in [-0.2, 0) is 13.0 Å². The molecule has 3 heterocycles. The van der Waals surface area contributed by atoms with E-state index in [0.717, 1.165) is 22.2 Å². The summed E-state index contributed by atoms with van der Waals surface area (Å²) < 4.78 is 5.53. The number of aromatic hydroxyl groups is 1. The number of carbonyl (C=O) groups excluding carboxylic acids is 1. The smallest absolute Gasteiger partial charge is 0.372 e. The summed E-state index contributed by atoms with van der Waals surface area (Å²) in [5.41, 5.74) is 4.45. The van der Waals surface area contributed by atoms with Crippen molar-refractivity contribution in [3.63, 3.8) is 0 Å². The Morgan fingerprint density at radius 3 is 2.53 bits per heavy atom. The Kier molecular flexibility index (Phi) is 6.40. The molecule has 5 aromatic rings. The van der Waals surface area contributed by atoms with Crippen molar-refractivity contribution in [3.8, 4) is 16.9 Å². The van der Waals surface area contributed by atoms with E-state index in [0.29, 0.717) is 22.7 Å². The summed E-state index contributed by atoms with van der Waals surface area (Å²) in [5.74, 6) is -3.88. The molecule has 0 bridgehead atoms. The lowest BCUT2D eigenvalue weighted by molar-refractivity contribution is 0.0661. The van der Waals surface area contributed by atoms with E-state index in [4.69, 9.17) is 4.42 Å². The number of para-hydroxylation sites is 1. The SMILES string of the molecule is C/C(=C\Cc1ccc(C)c2c(C(=O)c3oc(C(=O)O)c(-c4c(CO)[nH]c5ccccc45)c3O)c[nH]c12)CO. The highest BCUT2D eigenvalue weighted by atomic mass is 16.4. The minimum atomic E-state index is -1.47. The fourth-order valence-electron chi connectivity index (χ4n) is 4.86. The van der Waals surface area contributed by atoms with E-state index in [2.05, 4.69) is 9.97 Å². The monoisotopic (exact) mass is 514 g/mol. The van der Waals surface area contributed by atoms with Crippen molar-refractivity contribution in [1.29, 1.82) is 0 Å². The number of hydrogen-bond acceptors (Lipinski definition) is 6. The van der Waals surface area contributed by atoms with E-state index in [1.54, 1.807) is 24.3 Å². The highest BCUT2D eigenvalue weighted by Gasteiger charge is 2.33. The van der Waals surface area contributed by atoms with Crippen LogP contribution >= 0.6 is 0 Å². The maximum atomic E-state index is 13.7. The second kappa shape index (κ2) is 9.70. The maximum absolute atomic E-state index is 13.7. The van der Waals surface area contributed by atoms with Crippen LogP contribution in [0.1, 0.15) is 50.4 Å². The topological polar surface area (TPSA) is 160 Å². The van der Waals surface area contributed by atoms with Crippen LogP contribution in [0, 0.1) is 6.92 Å². The molecule has 0 radical (unpaired) electrons. The number of nitrogens with one attached hydrogen (secondary N) is 2. The Morgan fingerprint density at radius 2 is 1.82 bits per heavy atom. The number of fused-ring (bicyclic) bond motifs is 2. The zero-order valence-electron chi connectivity index (χ0n) is 20.8. The van der Waals surface area contributed by atoms with Gasteiger partial charge >= 0.3 is 5.97 Å². The molecule has 194 valence electrons. The van der Waals surface area contributed by atoms with Crippen LogP contribution in [0.4, 0.5) is 0 Å². The third-order valence-corrected chi connectivity index (χ3v) is 6.77. The number of carbonyl (C=O) groups is 2. The predicted molar refractivity (Wildman–Crippen MR) is 142 cm³/mol. The summed E-state index contributed by atoms with van der Waals surface area (Å²) in [6.07, 6.45) is 3.94. The number of carboxylic acids is 1. The van der Waals surface area contributed by atoms with Crippen LogP contribution in [0.2, 0.25) is 0 Å². The number of aromatic nitrogens is 2. The molecule has 0 atom stereocenters. The normalized spacial score (nSPS) is 12.1. The quantitative estimate of drug-likeness (QED) is 0.128. The summed E-state index contributed by atoms with van der Waals surface area (Å²) in [5, 5.41) is 41.6. The van der Waals surface area contributed by atoms with Crippen LogP contribution in [0.5, 0.6) is 5.75 Å². The lowest BCUT2D eigenvalue weighted by Crippen LogP contribution is -2.00. The standard InChI is InChI=1S/C29H26N2O7/c1-14(12-32)7-9-16-10-8-15(2)21-18(11-30-24(16)21)25(34)28-26(35)23(27(38-28)29(36)37)22-17-5-3-4-6-19(17)31-20(22)13-33/h3-8,10-11,30-33,35H,9,12-13H2,1-2H3,(H,36,37)/b14-7+. The van der Waals surface area contributed by atoms with Crippen molar-refractivity contribution >= 4 is 33.6 Å². The summed E-state index contributed by atoms with van der Waals surface area (Å²) in [6.45, 7) is 3.17. The van der Waals surface area contributed by atoms with Crippen molar-refractivity contribution in [3.05, 3.63) is 88.1 Å². The number of H-pyrrole nitrogens is 2. The number of ketones is 1. The van der Waals surface area contributed by atoms with Gasteiger partial charge in [-0.25, -0.2) is 4.79 Å². The number of hydrogen-bond donors (Lipinski definition) is 6. The third kappa shape index (κ3) is 3.98. The van der Waals surface area contributed by atoms with Gasteiger partial charge < -0.3 is 34.8 Å². The van der Waals surface area contributed by atoms with Gasteiger partial charge in [0, 0.05) is 39.3 Å². The summed E-state index contributed by atoms with van der Waals surface area (Å²) in [6, 6.07) is 10.8. The van der Waals surface area contributed by atoms with Gasteiger partial charge in [0.05, 0.1) is 24.3 Å². The van der Waals surface area contributed by atoms with E-state index in [1.807, 2.05) is 32.1 Å². The third-order valence-electron chi connectivity index (χ3n) is 6.77. The van der Waals surface area contributed by atoms with Crippen molar-refractivity contribution in [2.75, 3.05) is 6.61 Å². The molecule has 5 rings (SSSR count). The van der Waals surface area contributed by atoms with Gasteiger partial charge in [0.1, 0.15) is 0 Å². The molecule has 6 N–H and O–H groups in total. The van der Waals surface area contributed by atoms with Crippen molar-refractivity contribution in [2.45, 2.75) is 26.9 Å². The second-order valence-corrected chi connectivity index (χ2v) is 9.21. The van der Waals surface area contributed by atoms with Gasteiger partial charge in [-0.1, -0.05) is 42.0 Å². The molecule has 0 unspecified atom stereocenters. The lowest BCUT2D eigenvalue weighted by Gasteiger charge is -2.06. The molecule has 0 saturated carbocycles. The van der Waals surface area contributed by atoms with Crippen molar-refractivity contribution in [2.24, 2.45) is 0 Å². The maximum Gasteiger partial charge on any atom is 0.372 e. The molecule has 0 saturated heterocycles. The molecule has 0 spiro atoms. The minimum absolute atomic E-state index is 0.0517. The first-order valence-corrected chi connectivity index (χ1v) is 12.0. The number of aromatic amines is 2. The van der Waals surface area contributed by atoms with Gasteiger partial charge in [-0.05, 0) is 37.5 Å². The van der Waals surface area contributed by atoms with Crippen LogP contribution in [0.3, 0.4) is 0 Å². The average molecular weight is 515 g/mol. The first-order valence-electron chi connectivity index (χ1n) is 12.0. The number of aliphatic hydroxyl groups excluding tert-OH is 2. The molecule has 0 aliphatic rings. The Bertz CT molecular complexity index is 1750. The number of carboxylic acid groups (broad SMARTS) is 1. The largest absolute Gasteiger partial charge is 0.504 e. The summed E-state index contributed by atoms with van der Waals surface area (Å²) >= 11 is 0. The molecule has 2 aromatic carbocycles. The summed E-state index contributed by atoms with van der Waals surface area (Å²) in [4.78, 5) is 32.1. The van der Waals surface area contributed by atoms with Crippen LogP contribution in [0.25, 0.3) is 32.9 Å². The van der Waals surface area contributed by atoms with Gasteiger partial charge in [0.15, 0.2) is 5.75 Å².